The monoisotopic (exact) mass is 272 g/mol. The fourth-order valence-electron chi connectivity index (χ4n) is 1.63. The number of halogens is 1. The van der Waals surface area contributed by atoms with E-state index >= 15 is 0 Å². The van der Waals surface area contributed by atoms with Crippen LogP contribution in [0.4, 0.5) is 4.39 Å². The third-order valence-electron chi connectivity index (χ3n) is 2.63. The summed E-state index contributed by atoms with van der Waals surface area (Å²) >= 11 is 0. The molecule has 20 heavy (non-hydrogen) atoms. The van der Waals surface area contributed by atoms with E-state index in [1.165, 1.54) is 24.3 Å². The van der Waals surface area contributed by atoms with Gasteiger partial charge in [-0.2, -0.15) is 0 Å². The number of hydrogen-bond acceptors (Lipinski definition) is 2. The third-order valence-corrected chi connectivity index (χ3v) is 2.63. The SMILES string of the molecule is O=C(Cc1ccccc1)NNC(=O)c1ccc(F)cc1. The Morgan fingerprint density at radius 3 is 2.20 bits per heavy atom. The molecule has 0 atom stereocenters. The second-order valence-electron chi connectivity index (χ2n) is 4.17. The Balaban J connectivity index is 1.84. The van der Waals surface area contributed by atoms with Crippen molar-refractivity contribution in [2.24, 2.45) is 0 Å². The molecule has 4 nitrogen and oxygen atoms in total. The Morgan fingerprint density at radius 2 is 1.55 bits per heavy atom. The molecule has 0 heterocycles. The number of nitrogens with one attached hydrogen (secondary N) is 2. The first-order valence-electron chi connectivity index (χ1n) is 6.04. The molecular formula is C15H13FN2O2. The van der Waals surface area contributed by atoms with Crippen LogP contribution >= 0.6 is 0 Å². The molecule has 0 spiro atoms. The van der Waals surface area contributed by atoms with Crippen molar-refractivity contribution < 1.29 is 14.0 Å². The summed E-state index contributed by atoms with van der Waals surface area (Å²) in [5.74, 6) is -1.24. The molecule has 2 amide bonds. The number of amides is 2. The highest BCUT2D eigenvalue weighted by Gasteiger charge is 2.07. The van der Waals surface area contributed by atoms with Crippen LogP contribution in [-0.4, -0.2) is 11.8 Å². The van der Waals surface area contributed by atoms with Crippen molar-refractivity contribution in [3.05, 3.63) is 71.5 Å². The lowest BCUT2D eigenvalue weighted by molar-refractivity contribution is -0.121. The highest BCUT2D eigenvalue weighted by atomic mass is 19.1. The van der Waals surface area contributed by atoms with Gasteiger partial charge in [0.2, 0.25) is 5.91 Å². The van der Waals surface area contributed by atoms with Crippen LogP contribution in [0.2, 0.25) is 0 Å². The second-order valence-corrected chi connectivity index (χ2v) is 4.17. The standard InChI is InChI=1S/C15H13FN2O2/c16-13-8-6-12(7-9-13)15(20)18-17-14(19)10-11-4-2-1-3-5-11/h1-9H,10H2,(H,17,19)(H,18,20). The maximum atomic E-state index is 12.7. The molecule has 0 aliphatic rings. The van der Waals surface area contributed by atoms with Gasteiger partial charge < -0.3 is 0 Å². The van der Waals surface area contributed by atoms with Crippen LogP contribution in [0.3, 0.4) is 0 Å². The van der Waals surface area contributed by atoms with E-state index in [0.29, 0.717) is 0 Å². The lowest BCUT2D eigenvalue weighted by atomic mass is 10.1. The van der Waals surface area contributed by atoms with Gasteiger partial charge in [0.1, 0.15) is 5.82 Å². The van der Waals surface area contributed by atoms with E-state index in [-0.39, 0.29) is 17.9 Å². The predicted octanol–water partition coefficient (Wildman–Crippen LogP) is 1.83. The smallest absolute Gasteiger partial charge is 0.269 e. The average molecular weight is 272 g/mol. The number of benzene rings is 2. The van der Waals surface area contributed by atoms with Crippen LogP contribution in [-0.2, 0) is 11.2 Å². The molecule has 5 heteroatoms. The van der Waals surface area contributed by atoms with E-state index < -0.39 is 11.7 Å². The minimum atomic E-state index is -0.494. The summed E-state index contributed by atoms with van der Waals surface area (Å²) in [5, 5.41) is 0. The van der Waals surface area contributed by atoms with Crippen molar-refractivity contribution in [2.75, 3.05) is 0 Å². The highest BCUT2D eigenvalue weighted by Crippen LogP contribution is 2.02. The molecule has 102 valence electrons. The highest BCUT2D eigenvalue weighted by molar-refractivity contribution is 5.95. The summed E-state index contributed by atoms with van der Waals surface area (Å²) < 4.78 is 12.7. The Kier molecular flexibility index (Phi) is 4.44. The summed E-state index contributed by atoms with van der Waals surface area (Å²) in [4.78, 5) is 23.3. The molecular weight excluding hydrogens is 259 g/mol. The zero-order valence-electron chi connectivity index (χ0n) is 10.6. The van der Waals surface area contributed by atoms with Crippen molar-refractivity contribution in [1.29, 1.82) is 0 Å². The minimum Gasteiger partial charge on any atom is -0.273 e. The molecule has 0 aliphatic carbocycles. The molecule has 0 bridgehead atoms. The zero-order chi connectivity index (χ0) is 14.4. The van der Waals surface area contributed by atoms with Crippen molar-refractivity contribution in [3.8, 4) is 0 Å². The Hall–Kier alpha value is -2.69. The number of hydrogen-bond donors (Lipinski definition) is 2. The number of rotatable bonds is 3. The normalized spacial score (nSPS) is 9.85. The first-order valence-corrected chi connectivity index (χ1v) is 6.04. The van der Waals surface area contributed by atoms with E-state index in [9.17, 15) is 14.0 Å². The molecule has 0 unspecified atom stereocenters. The first kappa shape index (κ1) is 13.7. The lowest BCUT2D eigenvalue weighted by Gasteiger charge is -2.07. The van der Waals surface area contributed by atoms with E-state index in [4.69, 9.17) is 0 Å². The van der Waals surface area contributed by atoms with Gasteiger partial charge in [-0.05, 0) is 29.8 Å². The maximum Gasteiger partial charge on any atom is 0.269 e. The van der Waals surface area contributed by atoms with Crippen LogP contribution < -0.4 is 10.9 Å². The van der Waals surface area contributed by atoms with Crippen molar-refractivity contribution in [1.82, 2.24) is 10.9 Å². The Bertz CT molecular complexity index is 597. The van der Waals surface area contributed by atoms with Gasteiger partial charge in [-0.25, -0.2) is 4.39 Å². The first-order chi connectivity index (χ1) is 9.65. The second kappa shape index (κ2) is 6.47. The topological polar surface area (TPSA) is 58.2 Å². The van der Waals surface area contributed by atoms with Gasteiger partial charge in [0.15, 0.2) is 0 Å². The fraction of sp³-hybridized carbons (Fsp3) is 0.0667. The van der Waals surface area contributed by atoms with Crippen LogP contribution in [0.5, 0.6) is 0 Å². The Morgan fingerprint density at radius 1 is 0.900 bits per heavy atom. The summed E-state index contributed by atoms with van der Waals surface area (Å²) in [6.07, 6.45) is 0.171. The number of hydrazine groups is 1. The summed E-state index contributed by atoms with van der Waals surface area (Å²) in [7, 11) is 0. The summed E-state index contributed by atoms with van der Waals surface area (Å²) in [6.45, 7) is 0. The van der Waals surface area contributed by atoms with Crippen LogP contribution in [0.25, 0.3) is 0 Å². The minimum absolute atomic E-state index is 0.171. The molecule has 0 saturated heterocycles. The van der Waals surface area contributed by atoms with Crippen molar-refractivity contribution >= 4 is 11.8 Å². The van der Waals surface area contributed by atoms with E-state index in [1.807, 2.05) is 30.3 Å². The van der Waals surface area contributed by atoms with E-state index in [2.05, 4.69) is 10.9 Å². The fourth-order valence-corrected chi connectivity index (χ4v) is 1.63. The molecule has 0 saturated carbocycles. The largest absolute Gasteiger partial charge is 0.273 e. The van der Waals surface area contributed by atoms with Crippen LogP contribution in [0.1, 0.15) is 15.9 Å². The van der Waals surface area contributed by atoms with Crippen molar-refractivity contribution in [3.63, 3.8) is 0 Å². The van der Waals surface area contributed by atoms with E-state index in [1.54, 1.807) is 0 Å². The van der Waals surface area contributed by atoms with Gasteiger partial charge >= 0.3 is 0 Å². The zero-order valence-corrected chi connectivity index (χ0v) is 10.6. The van der Waals surface area contributed by atoms with Gasteiger partial charge in [0, 0.05) is 5.56 Å². The molecule has 2 N–H and O–H groups in total. The van der Waals surface area contributed by atoms with Gasteiger partial charge in [0.05, 0.1) is 6.42 Å². The van der Waals surface area contributed by atoms with Gasteiger partial charge in [-0.3, -0.25) is 20.4 Å². The van der Waals surface area contributed by atoms with Crippen molar-refractivity contribution in [2.45, 2.75) is 6.42 Å². The number of carbonyl (C=O) groups is 2. The summed E-state index contributed by atoms with van der Waals surface area (Å²) in [6, 6.07) is 14.2. The van der Waals surface area contributed by atoms with E-state index in [0.717, 1.165) is 5.56 Å². The third kappa shape index (κ3) is 3.91. The number of carbonyl (C=O) groups excluding carboxylic acids is 2. The predicted molar refractivity (Wildman–Crippen MR) is 72.2 cm³/mol. The Labute approximate surface area is 115 Å². The molecule has 0 aromatic heterocycles. The molecule has 2 aromatic rings. The molecule has 2 rings (SSSR count). The van der Waals surface area contributed by atoms with Gasteiger partial charge in [-0.1, -0.05) is 30.3 Å². The molecule has 0 radical (unpaired) electrons. The quantitative estimate of drug-likeness (QED) is 0.837. The van der Waals surface area contributed by atoms with Crippen LogP contribution in [0, 0.1) is 5.82 Å². The average Bonchev–Trinajstić information content (AvgIpc) is 2.46. The molecule has 2 aromatic carbocycles. The van der Waals surface area contributed by atoms with Gasteiger partial charge in [-0.15, -0.1) is 0 Å². The lowest BCUT2D eigenvalue weighted by Crippen LogP contribution is -2.42. The maximum absolute atomic E-state index is 12.7. The summed E-state index contributed by atoms with van der Waals surface area (Å²) in [5.41, 5.74) is 5.71. The van der Waals surface area contributed by atoms with Crippen LogP contribution in [0.15, 0.2) is 54.6 Å². The molecule has 0 aliphatic heterocycles. The van der Waals surface area contributed by atoms with Gasteiger partial charge in [0.25, 0.3) is 5.91 Å². The molecule has 0 fully saturated rings.